The van der Waals surface area contributed by atoms with Crippen LogP contribution in [0.15, 0.2) is 71.6 Å². The van der Waals surface area contributed by atoms with Crippen LogP contribution >= 0.6 is 11.3 Å². The van der Waals surface area contributed by atoms with E-state index in [9.17, 15) is 26.4 Å². The van der Waals surface area contributed by atoms with Crippen LogP contribution in [0, 0.1) is 5.41 Å². The van der Waals surface area contributed by atoms with Crippen molar-refractivity contribution in [3.63, 3.8) is 0 Å². The first-order chi connectivity index (χ1) is 16.9. The normalized spacial score (nSPS) is 12.2. The summed E-state index contributed by atoms with van der Waals surface area (Å²) >= 11 is 1.13. The van der Waals surface area contributed by atoms with Crippen molar-refractivity contribution in [1.29, 1.82) is 5.41 Å². The summed E-state index contributed by atoms with van der Waals surface area (Å²) < 4.78 is 68.6. The molecule has 0 fully saturated rings. The van der Waals surface area contributed by atoms with Crippen molar-refractivity contribution in [2.24, 2.45) is 0 Å². The number of hydrogen-bond donors (Lipinski definition) is 3. The standard InChI is InChI=1S/C24H22F3N3O4S2/c1-29-23(31)14-34-17-7-4-6-16(12-17)30-19(13-22(28)24(25,26)27)21-10-9-20(35-21)15-5-3-8-18(11-15)36(2,32)33/h3-13,28,30H,14H2,1-2H3,(H,29,31)/b19-13-,28-22?. The first-order valence-corrected chi connectivity index (χ1v) is 13.1. The molecule has 190 valence electrons. The van der Waals surface area contributed by atoms with E-state index in [2.05, 4.69) is 10.6 Å². The van der Waals surface area contributed by atoms with Crippen molar-refractivity contribution in [3.8, 4) is 16.2 Å². The molecule has 0 spiro atoms. The fourth-order valence-corrected chi connectivity index (χ4v) is 4.59. The Morgan fingerprint density at radius 3 is 2.50 bits per heavy atom. The topological polar surface area (TPSA) is 108 Å². The van der Waals surface area contributed by atoms with E-state index in [-0.39, 0.29) is 23.1 Å². The second-order valence-electron chi connectivity index (χ2n) is 7.55. The van der Waals surface area contributed by atoms with Gasteiger partial charge in [-0.15, -0.1) is 11.3 Å². The highest BCUT2D eigenvalue weighted by molar-refractivity contribution is 7.90. The molecule has 0 atom stereocenters. The molecule has 0 aliphatic rings. The van der Waals surface area contributed by atoms with Crippen LogP contribution < -0.4 is 15.4 Å². The molecule has 2 aromatic carbocycles. The summed E-state index contributed by atoms with van der Waals surface area (Å²) in [5, 5.41) is 12.8. The molecule has 0 bridgehead atoms. The Hall–Kier alpha value is -3.64. The quantitative estimate of drug-likeness (QED) is 0.334. The lowest BCUT2D eigenvalue weighted by Gasteiger charge is -2.13. The number of rotatable bonds is 9. The van der Waals surface area contributed by atoms with E-state index in [0.717, 1.165) is 17.6 Å². The van der Waals surface area contributed by atoms with Gasteiger partial charge in [0.1, 0.15) is 11.5 Å². The zero-order valence-corrected chi connectivity index (χ0v) is 20.8. The molecule has 1 aromatic heterocycles. The van der Waals surface area contributed by atoms with Crippen LogP contribution in [0.2, 0.25) is 0 Å². The number of carbonyl (C=O) groups is 1. The number of amides is 1. The molecule has 3 rings (SSSR count). The van der Waals surface area contributed by atoms with E-state index in [4.69, 9.17) is 10.1 Å². The Labute approximate surface area is 210 Å². The monoisotopic (exact) mass is 537 g/mol. The van der Waals surface area contributed by atoms with E-state index in [1.54, 1.807) is 42.5 Å². The minimum absolute atomic E-state index is 0.0105. The van der Waals surface area contributed by atoms with Gasteiger partial charge in [0.15, 0.2) is 16.4 Å². The van der Waals surface area contributed by atoms with Gasteiger partial charge in [0.05, 0.1) is 15.5 Å². The van der Waals surface area contributed by atoms with Crippen molar-refractivity contribution in [3.05, 3.63) is 71.6 Å². The van der Waals surface area contributed by atoms with Crippen LogP contribution in [0.4, 0.5) is 18.9 Å². The number of allylic oxidation sites excluding steroid dienone is 1. The zero-order valence-electron chi connectivity index (χ0n) is 19.1. The smallest absolute Gasteiger partial charge is 0.432 e. The Bertz CT molecular complexity index is 1410. The summed E-state index contributed by atoms with van der Waals surface area (Å²) in [7, 11) is -1.98. The Balaban J connectivity index is 1.95. The van der Waals surface area contributed by atoms with Crippen molar-refractivity contribution < 1.29 is 31.1 Å². The molecule has 0 aliphatic heterocycles. The number of halogens is 3. The van der Waals surface area contributed by atoms with Crippen molar-refractivity contribution in [2.45, 2.75) is 11.1 Å². The highest BCUT2D eigenvalue weighted by atomic mass is 32.2. The van der Waals surface area contributed by atoms with Crippen molar-refractivity contribution >= 4 is 44.2 Å². The number of anilines is 1. The maximum Gasteiger partial charge on any atom is 0.432 e. The lowest BCUT2D eigenvalue weighted by molar-refractivity contribution is -0.122. The van der Waals surface area contributed by atoms with Gasteiger partial charge in [0.2, 0.25) is 0 Å². The van der Waals surface area contributed by atoms with Crippen molar-refractivity contribution in [2.75, 3.05) is 25.2 Å². The van der Waals surface area contributed by atoms with E-state index in [0.29, 0.717) is 32.8 Å². The largest absolute Gasteiger partial charge is 0.484 e. The van der Waals surface area contributed by atoms with Crippen LogP contribution in [0.5, 0.6) is 5.75 Å². The zero-order chi connectivity index (χ0) is 26.5. The van der Waals surface area contributed by atoms with E-state index in [1.165, 1.54) is 25.2 Å². The lowest BCUT2D eigenvalue weighted by atomic mass is 10.2. The fraction of sp³-hybridized carbons (Fsp3) is 0.167. The highest BCUT2D eigenvalue weighted by Crippen LogP contribution is 2.34. The molecule has 12 heteroatoms. The van der Waals surface area contributed by atoms with Gasteiger partial charge in [-0.2, -0.15) is 13.2 Å². The van der Waals surface area contributed by atoms with E-state index >= 15 is 0 Å². The predicted octanol–water partition coefficient (Wildman–Crippen LogP) is 4.98. The molecule has 7 nitrogen and oxygen atoms in total. The first kappa shape index (κ1) is 27.0. The summed E-state index contributed by atoms with van der Waals surface area (Å²) in [6, 6.07) is 15.8. The molecule has 36 heavy (non-hydrogen) atoms. The Morgan fingerprint density at radius 2 is 1.83 bits per heavy atom. The average Bonchev–Trinajstić information content (AvgIpc) is 3.31. The Kier molecular flexibility index (Phi) is 8.21. The van der Waals surface area contributed by atoms with Gasteiger partial charge < -0.3 is 15.4 Å². The predicted molar refractivity (Wildman–Crippen MR) is 134 cm³/mol. The van der Waals surface area contributed by atoms with Crippen LogP contribution in [0.25, 0.3) is 16.1 Å². The maximum absolute atomic E-state index is 13.2. The molecule has 1 heterocycles. The SMILES string of the molecule is CNC(=O)COc1cccc(N/C(=C\C(=N)C(F)(F)F)c2ccc(-c3cccc(S(C)(=O)=O)c3)s2)c1. The minimum Gasteiger partial charge on any atom is -0.484 e. The number of alkyl halides is 3. The van der Waals surface area contributed by atoms with Gasteiger partial charge in [-0.3, -0.25) is 10.2 Å². The van der Waals surface area contributed by atoms with Crippen LogP contribution in [-0.2, 0) is 14.6 Å². The summed E-state index contributed by atoms with van der Waals surface area (Å²) in [5.74, 6) is -0.0306. The summed E-state index contributed by atoms with van der Waals surface area (Å²) in [6.45, 7) is -0.234. The third kappa shape index (κ3) is 7.18. The van der Waals surface area contributed by atoms with Crippen LogP contribution in [-0.4, -0.2) is 46.1 Å². The molecule has 1 amide bonds. The van der Waals surface area contributed by atoms with Gasteiger partial charge >= 0.3 is 6.18 Å². The average molecular weight is 538 g/mol. The minimum atomic E-state index is -4.85. The Morgan fingerprint density at radius 1 is 1.11 bits per heavy atom. The molecule has 0 aliphatic carbocycles. The molecular weight excluding hydrogens is 515 g/mol. The number of nitrogens with one attached hydrogen (secondary N) is 3. The van der Waals surface area contributed by atoms with Crippen LogP contribution in [0.1, 0.15) is 4.88 Å². The number of ether oxygens (including phenoxy) is 1. The molecular formula is C24H22F3N3O4S2. The highest BCUT2D eigenvalue weighted by Gasteiger charge is 2.33. The van der Waals surface area contributed by atoms with Gasteiger partial charge in [-0.1, -0.05) is 18.2 Å². The molecule has 0 radical (unpaired) electrons. The van der Waals surface area contributed by atoms with Gasteiger partial charge in [-0.05, 0) is 48.0 Å². The van der Waals surface area contributed by atoms with Gasteiger partial charge in [0.25, 0.3) is 5.91 Å². The summed E-state index contributed by atoms with van der Waals surface area (Å²) in [5.41, 5.74) is -0.578. The number of carbonyl (C=O) groups excluding carboxylic acids is 1. The molecule has 0 unspecified atom stereocenters. The second kappa shape index (κ2) is 11.0. The third-order valence-electron chi connectivity index (χ3n) is 4.77. The second-order valence-corrected chi connectivity index (χ2v) is 10.6. The van der Waals surface area contributed by atoms with Crippen molar-refractivity contribution in [1.82, 2.24) is 5.32 Å². The maximum atomic E-state index is 13.2. The number of hydrogen-bond acceptors (Lipinski definition) is 7. The molecule has 0 saturated heterocycles. The van der Waals surface area contributed by atoms with Gasteiger partial charge in [-0.25, -0.2) is 8.42 Å². The third-order valence-corrected chi connectivity index (χ3v) is 7.05. The number of benzene rings is 2. The van der Waals surface area contributed by atoms with Gasteiger partial charge in [0, 0.05) is 29.9 Å². The summed E-state index contributed by atoms with van der Waals surface area (Å²) in [4.78, 5) is 12.6. The molecule has 3 N–H and O–H groups in total. The van der Waals surface area contributed by atoms with E-state index < -0.39 is 21.7 Å². The van der Waals surface area contributed by atoms with E-state index in [1.807, 2.05) is 0 Å². The molecule has 0 saturated carbocycles. The summed E-state index contributed by atoms with van der Waals surface area (Å²) in [6.07, 6.45) is -3.08. The van der Waals surface area contributed by atoms with Crippen LogP contribution in [0.3, 0.4) is 0 Å². The number of likely N-dealkylation sites (N-methyl/N-ethyl adjacent to an activating group) is 1. The molecule has 3 aromatic rings. The fourth-order valence-electron chi connectivity index (χ4n) is 2.95. The number of thiophene rings is 1. The number of sulfone groups is 1. The lowest BCUT2D eigenvalue weighted by Crippen LogP contribution is -2.24. The first-order valence-electron chi connectivity index (χ1n) is 10.4.